The Kier molecular flexibility index (Phi) is 7.19. The second-order valence-corrected chi connectivity index (χ2v) is 9.21. The van der Waals surface area contributed by atoms with Crippen molar-refractivity contribution in [2.45, 2.75) is 10.9 Å². The largest absolute Gasteiger partial charge is 0.489 e. The molecule has 0 bridgehead atoms. The molecule has 1 heterocycles. The summed E-state index contributed by atoms with van der Waals surface area (Å²) in [6.45, 7) is 0.442. The molecule has 4 aromatic rings. The van der Waals surface area contributed by atoms with Gasteiger partial charge in [0.2, 0.25) is 0 Å². The van der Waals surface area contributed by atoms with Crippen LogP contribution in [0.2, 0.25) is 5.02 Å². The van der Waals surface area contributed by atoms with Crippen molar-refractivity contribution in [3.05, 3.63) is 88.9 Å². The first kappa shape index (κ1) is 21.4. The van der Waals surface area contributed by atoms with Gasteiger partial charge in [-0.2, -0.15) is 5.10 Å². The Morgan fingerprint density at radius 2 is 1.97 bits per heavy atom. The maximum atomic E-state index is 12.1. The number of fused-ring (bicyclic) bond motifs is 1. The van der Waals surface area contributed by atoms with Crippen molar-refractivity contribution in [1.29, 1.82) is 0 Å². The molecule has 0 spiro atoms. The minimum absolute atomic E-state index is 0.185. The van der Waals surface area contributed by atoms with Crippen molar-refractivity contribution in [3.8, 4) is 5.75 Å². The zero-order valence-corrected chi connectivity index (χ0v) is 18.7. The number of nitrogens with zero attached hydrogens (tertiary/aromatic N) is 2. The van der Waals surface area contributed by atoms with Gasteiger partial charge in [-0.3, -0.25) is 4.79 Å². The molecular formula is C23H18ClN3O2S2. The van der Waals surface area contributed by atoms with Crippen molar-refractivity contribution in [2.75, 3.05) is 5.75 Å². The fraction of sp³-hybridized carbons (Fsp3) is 0.0870. The molecule has 3 aromatic carbocycles. The molecule has 0 saturated carbocycles. The number of hydrogen-bond donors (Lipinski definition) is 1. The number of amides is 1. The van der Waals surface area contributed by atoms with E-state index >= 15 is 0 Å². The van der Waals surface area contributed by atoms with Crippen molar-refractivity contribution >= 4 is 57.0 Å². The Morgan fingerprint density at radius 3 is 2.81 bits per heavy atom. The van der Waals surface area contributed by atoms with Crippen LogP contribution in [0.4, 0.5) is 0 Å². The SMILES string of the molecule is O=C(CSc1nc2ccccc2s1)NN=Cc1cccc(OCc2ccc(Cl)cc2)c1. The number of halogens is 1. The molecule has 0 saturated heterocycles. The molecule has 0 radical (unpaired) electrons. The molecule has 0 aliphatic heterocycles. The molecule has 4 rings (SSSR count). The third-order valence-corrected chi connectivity index (χ3v) is 6.61. The van der Waals surface area contributed by atoms with Crippen LogP contribution in [0.3, 0.4) is 0 Å². The lowest BCUT2D eigenvalue weighted by molar-refractivity contribution is -0.118. The van der Waals surface area contributed by atoms with Crippen LogP contribution in [0.25, 0.3) is 10.2 Å². The summed E-state index contributed by atoms with van der Waals surface area (Å²) < 4.78 is 7.79. The van der Waals surface area contributed by atoms with E-state index in [1.165, 1.54) is 11.8 Å². The third kappa shape index (κ3) is 6.30. The first-order valence-electron chi connectivity index (χ1n) is 9.43. The Bertz CT molecular complexity index is 1180. The third-order valence-electron chi connectivity index (χ3n) is 4.18. The number of thioether (sulfide) groups is 1. The van der Waals surface area contributed by atoms with Crippen LogP contribution in [0.5, 0.6) is 5.75 Å². The number of para-hydroxylation sites is 1. The molecule has 31 heavy (non-hydrogen) atoms. The van der Waals surface area contributed by atoms with E-state index in [2.05, 4.69) is 15.5 Å². The molecule has 0 aliphatic carbocycles. The van der Waals surface area contributed by atoms with Crippen LogP contribution >= 0.6 is 34.7 Å². The predicted molar refractivity (Wildman–Crippen MR) is 128 cm³/mol. The Balaban J connectivity index is 1.25. The maximum Gasteiger partial charge on any atom is 0.250 e. The number of ether oxygens (including phenoxy) is 1. The summed E-state index contributed by atoms with van der Waals surface area (Å²) in [4.78, 5) is 16.6. The molecule has 0 aliphatic rings. The number of hydrazone groups is 1. The fourth-order valence-corrected chi connectivity index (χ4v) is 4.67. The molecule has 0 atom stereocenters. The number of carbonyl (C=O) groups is 1. The zero-order valence-electron chi connectivity index (χ0n) is 16.3. The maximum absolute atomic E-state index is 12.1. The smallest absolute Gasteiger partial charge is 0.250 e. The second-order valence-electron chi connectivity index (χ2n) is 6.52. The van der Waals surface area contributed by atoms with E-state index in [4.69, 9.17) is 16.3 Å². The lowest BCUT2D eigenvalue weighted by atomic mass is 10.2. The number of rotatable bonds is 8. The second kappa shape index (κ2) is 10.4. The van der Waals surface area contributed by atoms with Gasteiger partial charge in [0.25, 0.3) is 5.91 Å². The highest BCUT2D eigenvalue weighted by atomic mass is 35.5. The van der Waals surface area contributed by atoms with Crippen LogP contribution in [-0.2, 0) is 11.4 Å². The summed E-state index contributed by atoms with van der Waals surface area (Å²) in [5, 5.41) is 4.74. The number of hydrogen-bond acceptors (Lipinski definition) is 6. The Hall–Kier alpha value is -2.87. The molecule has 8 heteroatoms. The van der Waals surface area contributed by atoms with Gasteiger partial charge in [-0.15, -0.1) is 11.3 Å². The summed E-state index contributed by atoms with van der Waals surface area (Å²) in [5.41, 5.74) is 5.36. The number of nitrogens with one attached hydrogen (secondary N) is 1. The van der Waals surface area contributed by atoms with Crippen LogP contribution in [-0.4, -0.2) is 22.9 Å². The van der Waals surface area contributed by atoms with Crippen LogP contribution in [0.15, 0.2) is 82.2 Å². The first-order chi connectivity index (χ1) is 15.2. The standard InChI is InChI=1S/C23H18ClN3O2S2/c24-18-10-8-16(9-11-18)14-29-19-5-3-4-17(12-19)13-25-27-22(28)15-30-23-26-20-6-1-2-7-21(20)31-23/h1-13H,14-15H2,(H,27,28). The molecule has 1 aromatic heterocycles. The number of carbonyl (C=O) groups excluding carboxylic acids is 1. The van der Waals surface area contributed by atoms with Gasteiger partial charge in [-0.25, -0.2) is 10.4 Å². The average Bonchev–Trinajstić information content (AvgIpc) is 3.21. The minimum Gasteiger partial charge on any atom is -0.489 e. The number of aromatic nitrogens is 1. The average molecular weight is 468 g/mol. The van der Waals surface area contributed by atoms with Crippen molar-refractivity contribution in [1.82, 2.24) is 10.4 Å². The van der Waals surface area contributed by atoms with E-state index in [1.54, 1.807) is 17.6 Å². The van der Waals surface area contributed by atoms with E-state index in [9.17, 15) is 4.79 Å². The van der Waals surface area contributed by atoms with E-state index in [0.29, 0.717) is 11.6 Å². The van der Waals surface area contributed by atoms with Gasteiger partial charge >= 0.3 is 0 Å². The summed E-state index contributed by atoms with van der Waals surface area (Å²) >= 11 is 8.88. The topological polar surface area (TPSA) is 63.6 Å². The molecule has 5 nitrogen and oxygen atoms in total. The van der Waals surface area contributed by atoms with Crippen LogP contribution in [0, 0.1) is 0 Å². The summed E-state index contributed by atoms with van der Waals surface area (Å²) in [5.74, 6) is 0.786. The molecule has 156 valence electrons. The zero-order chi connectivity index (χ0) is 21.5. The lowest BCUT2D eigenvalue weighted by Crippen LogP contribution is -2.19. The summed E-state index contributed by atoms with van der Waals surface area (Å²) in [6, 6.07) is 22.9. The van der Waals surface area contributed by atoms with E-state index in [-0.39, 0.29) is 11.7 Å². The van der Waals surface area contributed by atoms with Gasteiger partial charge in [-0.1, -0.05) is 59.8 Å². The normalized spacial score (nSPS) is 11.1. The van der Waals surface area contributed by atoms with Gasteiger partial charge in [0.15, 0.2) is 4.34 Å². The Labute approximate surface area is 193 Å². The highest BCUT2D eigenvalue weighted by Gasteiger charge is 2.07. The molecule has 1 N–H and O–H groups in total. The molecular weight excluding hydrogens is 450 g/mol. The van der Waals surface area contributed by atoms with Gasteiger partial charge in [0, 0.05) is 5.02 Å². The molecule has 0 unspecified atom stereocenters. The summed E-state index contributed by atoms with van der Waals surface area (Å²) in [7, 11) is 0. The van der Waals surface area contributed by atoms with Crippen molar-refractivity contribution in [3.63, 3.8) is 0 Å². The van der Waals surface area contributed by atoms with Gasteiger partial charge in [-0.05, 0) is 47.5 Å². The number of benzene rings is 3. The van der Waals surface area contributed by atoms with Crippen molar-refractivity contribution in [2.24, 2.45) is 5.10 Å². The van der Waals surface area contributed by atoms with Crippen LogP contribution < -0.4 is 10.2 Å². The van der Waals surface area contributed by atoms with Gasteiger partial charge < -0.3 is 4.74 Å². The predicted octanol–water partition coefficient (Wildman–Crippen LogP) is 5.77. The van der Waals surface area contributed by atoms with E-state index < -0.39 is 0 Å². The quantitative estimate of drug-likeness (QED) is 0.203. The molecule has 1 amide bonds. The Morgan fingerprint density at radius 1 is 1.13 bits per heavy atom. The van der Waals surface area contributed by atoms with Gasteiger partial charge in [0.1, 0.15) is 12.4 Å². The lowest BCUT2D eigenvalue weighted by Gasteiger charge is -2.07. The monoisotopic (exact) mass is 467 g/mol. The highest BCUT2D eigenvalue weighted by Crippen LogP contribution is 2.29. The minimum atomic E-state index is -0.185. The fourth-order valence-electron chi connectivity index (χ4n) is 2.68. The molecule has 0 fully saturated rings. The van der Waals surface area contributed by atoms with E-state index in [0.717, 1.165) is 31.4 Å². The van der Waals surface area contributed by atoms with E-state index in [1.807, 2.05) is 72.8 Å². The van der Waals surface area contributed by atoms with Crippen LogP contribution in [0.1, 0.15) is 11.1 Å². The summed E-state index contributed by atoms with van der Waals surface area (Å²) in [6.07, 6.45) is 1.59. The van der Waals surface area contributed by atoms with Crippen molar-refractivity contribution < 1.29 is 9.53 Å². The number of thiazole rings is 1. The first-order valence-corrected chi connectivity index (χ1v) is 11.6. The van der Waals surface area contributed by atoms with Gasteiger partial charge in [0.05, 0.1) is 22.2 Å². The highest BCUT2D eigenvalue weighted by molar-refractivity contribution is 8.01.